The van der Waals surface area contributed by atoms with Gasteiger partial charge in [0, 0.05) is 13.2 Å². The second kappa shape index (κ2) is 3.81. The normalized spacial score (nSPS) is 39.1. The fourth-order valence-corrected chi connectivity index (χ4v) is 2.77. The van der Waals surface area contributed by atoms with Crippen molar-refractivity contribution in [3.8, 4) is 0 Å². The first-order chi connectivity index (χ1) is 6.63. The molecule has 0 N–H and O–H groups in total. The van der Waals surface area contributed by atoms with Gasteiger partial charge in [0.05, 0.1) is 17.0 Å². The Morgan fingerprint density at radius 2 is 2.43 bits per heavy atom. The maximum absolute atomic E-state index is 11.8. The van der Waals surface area contributed by atoms with E-state index in [0.29, 0.717) is 6.61 Å². The van der Waals surface area contributed by atoms with Crippen LogP contribution in [0.3, 0.4) is 0 Å². The van der Waals surface area contributed by atoms with Crippen molar-refractivity contribution in [2.75, 3.05) is 19.8 Å². The van der Waals surface area contributed by atoms with E-state index in [1.165, 1.54) is 0 Å². The second-order valence-corrected chi connectivity index (χ2v) is 5.50. The van der Waals surface area contributed by atoms with Gasteiger partial charge in [0.1, 0.15) is 0 Å². The minimum absolute atomic E-state index is 0.0289. The van der Waals surface area contributed by atoms with Gasteiger partial charge in [-0.1, -0.05) is 15.9 Å². The molecule has 2 aliphatic rings. The summed E-state index contributed by atoms with van der Waals surface area (Å²) in [7, 11) is 0. The Hall–Kier alpha value is -0.0900. The minimum atomic E-state index is -0.0577. The molecule has 0 aliphatic carbocycles. The molecule has 2 saturated heterocycles. The van der Waals surface area contributed by atoms with Crippen LogP contribution in [0.15, 0.2) is 0 Å². The van der Waals surface area contributed by atoms with Crippen molar-refractivity contribution >= 4 is 21.8 Å². The van der Waals surface area contributed by atoms with Crippen LogP contribution < -0.4 is 0 Å². The van der Waals surface area contributed by atoms with Gasteiger partial charge in [0.25, 0.3) is 0 Å². The Kier molecular flexibility index (Phi) is 2.84. The van der Waals surface area contributed by atoms with Crippen LogP contribution in [0.1, 0.15) is 26.2 Å². The SMILES string of the molecule is CC1(N2CCC(Br)C2=O)CCCOC1. The van der Waals surface area contributed by atoms with Crippen molar-refractivity contribution in [1.82, 2.24) is 4.90 Å². The van der Waals surface area contributed by atoms with Gasteiger partial charge >= 0.3 is 0 Å². The largest absolute Gasteiger partial charge is 0.379 e. The average molecular weight is 262 g/mol. The molecule has 2 atom stereocenters. The number of amides is 1. The third kappa shape index (κ3) is 1.70. The summed E-state index contributed by atoms with van der Waals surface area (Å²) in [5, 5.41) is 0. The van der Waals surface area contributed by atoms with Crippen LogP contribution in [0.25, 0.3) is 0 Å². The van der Waals surface area contributed by atoms with E-state index in [1.54, 1.807) is 0 Å². The molecule has 0 radical (unpaired) electrons. The predicted octanol–water partition coefficient (Wildman–Crippen LogP) is 1.55. The van der Waals surface area contributed by atoms with E-state index in [0.717, 1.165) is 32.4 Å². The topological polar surface area (TPSA) is 29.5 Å². The maximum Gasteiger partial charge on any atom is 0.236 e. The van der Waals surface area contributed by atoms with Gasteiger partial charge in [0.2, 0.25) is 5.91 Å². The molecule has 14 heavy (non-hydrogen) atoms. The Morgan fingerprint density at radius 1 is 1.64 bits per heavy atom. The lowest BCUT2D eigenvalue weighted by Crippen LogP contribution is -2.53. The van der Waals surface area contributed by atoms with Crippen molar-refractivity contribution < 1.29 is 9.53 Å². The summed E-state index contributed by atoms with van der Waals surface area (Å²) >= 11 is 3.40. The molecule has 2 unspecified atom stereocenters. The van der Waals surface area contributed by atoms with Gasteiger partial charge in [-0.3, -0.25) is 4.79 Å². The molecular weight excluding hydrogens is 246 g/mol. The molecule has 0 bridgehead atoms. The molecule has 0 aromatic carbocycles. The number of carbonyl (C=O) groups is 1. The molecule has 4 heteroatoms. The van der Waals surface area contributed by atoms with E-state index in [1.807, 2.05) is 4.90 Å². The fraction of sp³-hybridized carbons (Fsp3) is 0.900. The van der Waals surface area contributed by atoms with Crippen LogP contribution in [0.5, 0.6) is 0 Å². The Morgan fingerprint density at radius 3 is 2.93 bits per heavy atom. The summed E-state index contributed by atoms with van der Waals surface area (Å²) < 4.78 is 5.47. The first-order valence-electron chi connectivity index (χ1n) is 5.17. The van der Waals surface area contributed by atoms with Crippen molar-refractivity contribution in [2.24, 2.45) is 0 Å². The fourth-order valence-electron chi connectivity index (χ4n) is 2.31. The number of halogens is 1. The number of alkyl halides is 1. The lowest BCUT2D eigenvalue weighted by Gasteiger charge is -2.41. The molecule has 3 nitrogen and oxygen atoms in total. The van der Waals surface area contributed by atoms with Gasteiger partial charge in [0.15, 0.2) is 0 Å². The van der Waals surface area contributed by atoms with E-state index in [-0.39, 0.29) is 16.3 Å². The number of hydrogen-bond donors (Lipinski definition) is 0. The zero-order valence-electron chi connectivity index (χ0n) is 8.46. The Balaban J connectivity index is 2.09. The molecule has 2 rings (SSSR count). The van der Waals surface area contributed by atoms with Crippen molar-refractivity contribution in [3.63, 3.8) is 0 Å². The molecule has 2 aliphatic heterocycles. The minimum Gasteiger partial charge on any atom is -0.379 e. The van der Waals surface area contributed by atoms with Crippen molar-refractivity contribution in [3.05, 3.63) is 0 Å². The van der Waals surface area contributed by atoms with Gasteiger partial charge < -0.3 is 9.64 Å². The molecule has 0 saturated carbocycles. The predicted molar refractivity (Wildman–Crippen MR) is 57.5 cm³/mol. The molecule has 0 spiro atoms. The highest BCUT2D eigenvalue weighted by Crippen LogP contribution is 2.31. The van der Waals surface area contributed by atoms with E-state index in [4.69, 9.17) is 4.74 Å². The Bertz CT molecular complexity index is 238. The van der Waals surface area contributed by atoms with Crippen LogP contribution in [-0.4, -0.2) is 40.9 Å². The van der Waals surface area contributed by atoms with E-state index in [9.17, 15) is 4.79 Å². The molecule has 2 heterocycles. The lowest BCUT2D eigenvalue weighted by molar-refractivity contribution is -0.137. The van der Waals surface area contributed by atoms with Gasteiger partial charge in [-0.25, -0.2) is 0 Å². The van der Waals surface area contributed by atoms with E-state index in [2.05, 4.69) is 22.9 Å². The summed E-state index contributed by atoms with van der Waals surface area (Å²) in [5.74, 6) is 0.234. The van der Waals surface area contributed by atoms with Crippen LogP contribution in [0.4, 0.5) is 0 Å². The number of nitrogens with zero attached hydrogens (tertiary/aromatic N) is 1. The van der Waals surface area contributed by atoms with E-state index >= 15 is 0 Å². The average Bonchev–Trinajstić information content (AvgIpc) is 2.49. The molecule has 1 amide bonds. The highest BCUT2D eigenvalue weighted by molar-refractivity contribution is 9.10. The van der Waals surface area contributed by atoms with Crippen LogP contribution in [-0.2, 0) is 9.53 Å². The third-order valence-electron chi connectivity index (χ3n) is 3.21. The van der Waals surface area contributed by atoms with E-state index < -0.39 is 0 Å². The smallest absolute Gasteiger partial charge is 0.236 e. The maximum atomic E-state index is 11.8. The van der Waals surface area contributed by atoms with Crippen LogP contribution in [0.2, 0.25) is 0 Å². The van der Waals surface area contributed by atoms with Crippen LogP contribution in [0, 0.1) is 0 Å². The monoisotopic (exact) mass is 261 g/mol. The van der Waals surface area contributed by atoms with Gasteiger partial charge in [-0.2, -0.15) is 0 Å². The first kappa shape index (κ1) is 10.4. The molecule has 2 fully saturated rings. The van der Waals surface area contributed by atoms with Gasteiger partial charge in [-0.15, -0.1) is 0 Å². The molecule has 0 aromatic heterocycles. The summed E-state index contributed by atoms with van der Waals surface area (Å²) in [6, 6.07) is 0. The zero-order valence-corrected chi connectivity index (χ0v) is 10.0. The summed E-state index contributed by atoms with van der Waals surface area (Å²) in [5.41, 5.74) is -0.0577. The first-order valence-corrected chi connectivity index (χ1v) is 6.08. The number of hydrogen-bond acceptors (Lipinski definition) is 2. The van der Waals surface area contributed by atoms with Crippen molar-refractivity contribution in [2.45, 2.75) is 36.6 Å². The van der Waals surface area contributed by atoms with Crippen LogP contribution >= 0.6 is 15.9 Å². The summed E-state index contributed by atoms with van der Waals surface area (Å²) in [6.07, 6.45) is 3.06. The highest BCUT2D eigenvalue weighted by Gasteiger charge is 2.42. The second-order valence-electron chi connectivity index (χ2n) is 4.40. The molecule has 80 valence electrons. The number of likely N-dealkylation sites (tertiary alicyclic amines) is 1. The quantitative estimate of drug-likeness (QED) is 0.671. The number of carbonyl (C=O) groups excluding carboxylic acids is 1. The zero-order chi connectivity index (χ0) is 10.2. The number of rotatable bonds is 1. The standard InChI is InChI=1S/C10H16BrNO2/c1-10(4-2-6-14-7-10)12-5-3-8(11)9(12)13/h8H,2-7H2,1H3. The summed E-state index contributed by atoms with van der Waals surface area (Å²) in [4.78, 5) is 13.9. The summed E-state index contributed by atoms with van der Waals surface area (Å²) in [6.45, 7) is 4.54. The Labute approximate surface area is 92.9 Å². The third-order valence-corrected chi connectivity index (χ3v) is 4.06. The van der Waals surface area contributed by atoms with Crippen molar-refractivity contribution in [1.29, 1.82) is 0 Å². The highest BCUT2D eigenvalue weighted by atomic mass is 79.9. The molecular formula is C10H16BrNO2. The molecule has 0 aromatic rings. The lowest BCUT2D eigenvalue weighted by atomic mass is 9.93. The van der Waals surface area contributed by atoms with Gasteiger partial charge in [-0.05, 0) is 26.2 Å². The number of ether oxygens (including phenoxy) is 1.